The number of hydrogen-bond acceptors (Lipinski definition) is 5. The van der Waals surface area contributed by atoms with Crippen molar-refractivity contribution >= 4 is 17.2 Å². The Hall–Kier alpha value is -1.66. The van der Waals surface area contributed by atoms with Crippen molar-refractivity contribution in [1.29, 1.82) is 0 Å². The average Bonchev–Trinajstić information content (AvgIpc) is 3.05. The highest BCUT2D eigenvalue weighted by Gasteiger charge is 2.12. The van der Waals surface area contributed by atoms with Crippen LogP contribution in [-0.2, 0) is 11.2 Å². The quantitative estimate of drug-likeness (QED) is 0.846. The zero-order chi connectivity index (χ0) is 13.7. The lowest BCUT2D eigenvalue weighted by molar-refractivity contribution is -0.121. The van der Waals surface area contributed by atoms with Crippen LogP contribution in [0.25, 0.3) is 0 Å². The van der Waals surface area contributed by atoms with Crippen molar-refractivity contribution in [2.75, 3.05) is 6.54 Å². The number of aromatic nitrogens is 1. The van der Waals surface area contributed by atoms with Crippen LogP contribution in [0, 0.1) is 6.92 Å². The maximum atomic E-state index is 11.7. The maximum Gasteiger partial charge on any atom is 0.220 e. The Kier molecular flexibility index (Phi) is 4.70. The molecular formula is C13H16N2O3S. The molecule has 102 valence electrons. The highest BCUT2D eigenvalue weighted by Crippen LogP contribution is 2.14. The van der Waals surface area contributed by atoms with E-state index in [1.54, 1.807) is 29.0 Å². The van der Waals surface area contributed by atoms with Gasteiger partial charge in [0.05, 0.1) is 24.0 Å². The summed E-state index contributed by atoms with van der Waals surface area (Å²) in [7, 11) is 0. The molecule has 2 rings (SSSR count). The Morgan fingerprint density at radius 3 is 3.11 bits per heavy atom. The normalized spacial score (nSPS) is 12.3. The zero-order valence-electron chi connectivity index (χ0n) is 10.6. The van der Waals surface area contributed by atoms with E-state index in [9.17, 15) is 9.90 Å². The highest BCUT2D eigenvalue weighted by atomic mass is 32.1. The first-order valence-electron chi connectivity index (χ1n) is 6.04. The first-order valence-corrected chi connectivity index (χ1v) is 6.92. The van der Waals surface area contributed by atoms with Gasteiger partial charge in [-0.3, -0.25) is 4.79 Å². The summed E-state index contributed by atoms with van der Waals surface area (Å²) in [5.74, 6) is 0.372. The smallest absolute Gasteiger partial charge is 0.220 e. The maximum absolute atomic E-state index is 11.7. The molecule has 1 amide bonds. The number of aliphatic hydroxyl groups excluding tert-OH is 1. The van der Waals surface area contributed by atoms with E-state index in [0.29, 0.717) is 18.6 Å². The number of amides is 1. The van der Waals surface area contributed by atoms with Crippen molar-refractivity contribution in [3.05, 3.63) is 40.2 Å². The fourth-order valence-electron chi connectivity index (χ4n) is 1.67. The summed E-state index contributed by atoms with van der Waals surface area (Å²) < 4.78 is 5.05. The van der Waals surface area contributed by atoms with Crippen LogP contribution in [0.4, 0.5) is 0 Å². The Labute approximate surface area is 115 Å². The number of thiazole rings is 1. The summed E-state index contributed by atoms with van der Waals surface area (Å²) in [4.78, 5) is 16.9. The average molecular weight is 280 g/mol. The molecule has 2 heterocycles. The molecule has 0 fully saturated rings. The molecule has 0 unspecified atom stereocenters. The lowest BCUT2D eigenvalue weighted by atomic mass is 10.2. The number of aryl methyl sites for hydroxylation is 2. The predicted molar refractivity (Wildman–Crippen MR) is 71.8 cm³/mol. The zero-order valence-corrected chi connectivity index (χ0v) is 11.4. The summed E-state index contributed by atoms with van der Waals surface area (Å²) >= 11 is 1.56. The molecule has 19 heavy (non-hydrogen) atoms. The highest BCUT2D eigenvalue weighted by molar-refractivity contribution is 7.09. The van der Waals surface area contributed by atoms with E-state index in [1.165, 1.54) is 6.26 Å². The second kappa shape index (κ2) is 6.49. The van der Waals surface area contributed by atoms with Gasteiger partial charge in [0.2, 0.25) is 5.91 Å². The van der Waals surface area contributed by atoms with Crippen LogP contribution in [0.5, 0.6) is 0 Å². The lowest BCUT2D eigenvalue weighted by Gasteiger charge is -2.09. The second-order valence-electron chi connectivity index (χ2n) is 4.20. The van der Waals surface area contributed by atoms with E-state index >= 15 is 0 Å². The Balaban J connectivity index is 1.72. The van der Waals surface area contributed by atoms with E-state index in [0.717, 1.165) is 10.6 Å². The van der Waals surface area contributed by atoms with Crippen molar-refractivity contribution in [3.63, 3.8) is 0 Å². The Morgan fingerprint density at radius 2 is 2.47 bits per heavy atom. The van der Waals surface area contributed by atoms with Gasteiger partial charge in [0.1, 0.15) is 11.9 Å². The summed E-state index contributed by atoms with van der Waals surface area (Å²) in [6.45, 7) is 2.10. The molecular weight excluding hydrogens is 264 g/mol. The molecule has 0 aliphatic rings. The summed E-state index contributed by atoms with van der Waals surface area (Å²) in [5, 5.41) is 12.4. The van der Waals surface area contributed by atoms with Gasteiger partial charge in [-0.25, -0.2) is 4.98 Å². The van der Waals surface area contributed by atoms with Crippen LogP contribution >= 0.6 is 11.3 Å². The number of nitrogens with zero attached hydrogens (tertiary/aromatic N) is 1. The third kappa shape index (κ3) is 3.90. The molecule has 0 saturated carbocycles. The predicted octanol–water partition coefficient (Wildman–Crippen LogP) is 1.83. The van der Waals surface area contributed by atoms with Gasteiger partial charge in [0.25, 0.3) is 0 Å². The lowest BCUT2D eigenvalue weighted by Crippen LogP contribution is -2.28. The summed E-state index contributed by atoms with van der Waals surface area (Å²) in [6, 6.07) is 3.38. The number of carbonyl (C=O) groups excluding carboxylic acids is 1. The number of nitrogens with one attached hydrogen (secondary N) is 1. The minimum absolute atomic E-state index is 0.0848. The van der Waals surface area contributed by atoms with Crippen molar-refractivity contribution in [1.82, 2.24) is 10.3 Å². The van der Waals surface area contributed by atoms with Crippen molar-refractivity contribution < 1.29 is 14.3 Å². The van der Waals surface area contributed by atoms with Gasteiger partial charge in [-0.1, -0.05) is 0 Å². The number of aliphatic hydroxyl groups is 1. The van der Waals surface area contributed by atoms with Crippen LogP contribution in [-0.4, -0.2) is 22.5 Å². The van der Waals surface area contributed by atoms with Crippen LogP contribution in [0.15, 0.2) is 28.3 Å². The van der Waals surface area contributed by atoms with Gasteiger partial charge >= 0.3 is 0 Å². The number of hydrogen-bond donors (Lipinski definition) is 2. The van der Waals surface area contributed by atoms with Crippen molar-refractivity contribution in [2.45, 2.75) is 25.9 Å². The summed E-state index contributed by atoms with van der Waals surface area (Å²) in [5.41, 5.74) is 2.76. The first kappa shape index (κ1) is 13.8. The molecule has 0 saturated heterocycles. The van der Waals surface area contributed by atoms with Gasteiger partial charge < -0.3 is 14.8 Å². The molecule has 6 heteroatoms. The molecule has 0 bridgehead atoms. The minimum Gasteiger partial charge on any atom is -0.467 e. The third-order valence-corrected chi connectivity index (χ3v) is 3.78. The summed E-state index contributed by atoms with van der Waals surface area (Å²) in [6.07, 6.45) is 1.77. The third-order valence-electron chi connectivity index (χ3n) is 2.79. The number of rotatable bonds is 6. The molecule has 1 atom stereocenters. The van der Waals surface area contributed by atoms with E-state index in [1.807, 2.05) is 6.92 Å². The Morgan fingerprint density at radius 1 is 1.63 bits per heavy atom. The van der Waals surface area contributed by atoms with E-state index < -0.39 is 6.10 Å². The molecule has 2 aromatic rings. The Bertz CT molecular complexity index is 522. The number of furan rings is 1. The topological polar surface area (TPSA) is 75.4 Å². The van der Waals surface area contributed by atoms with Crippen LogP contribution in [0.3, 0.4) is 0 Å². The molecule has 0 spiro atoms. The minimum atomic E-state index is -0.802. The fourth-order valence-corrected chi connectivity index (χ4v) is 2.45. The van der Waals surface area contributed by atoms with Crippen molar-refractivity contribution in [3.8, 4) is 0 Å². The molecule has 5 nitrogen and oxygen atoms in total. The van der Waals surface area contributed by atoms with E-state index in [4.69, 9.17) is 4.42 Å². The molecule has 0 aliphatic heterocycles. The van der Waals surface area contributed by atoms with Gasteiger partial charge in [0.15, 0.2) is 0 Å². The van der Waals surface area contributed by atoms with Crippen LogP contribution in [0.2, 0.25) is 0 Å². The second-order valence-corrected chi connectivity index (χ2v) is 5.14. The monoisotopic (exact) mass is 280 g/mol. The molecule has 0 radical (unpaired) electrons. The molecule has 0 aromatic carbocycles. The molecule has 2 N–H and O–H groups in total. The van der Waals surface area contributed by atoms with E-state index in [2.05, 4.69) is 10.3 Å². The first-order chi connectivity index (χ1) is 9.16. The van der Waals surface area contributed by atoms with Gasteiger partial charge in [-0.05, 0) is 25.5 Å². The van der Waals surface area contributed by atoms with E-state index in [-0.39, 0.29) is 12.5 Å². The molecule has 0 aliphatic carbocycles. The van der Waals surface area contributed by atoms with Gasteiger partial charge in [-0.2, -0.15) is 0 Å². The largest absolute Gasteiger partial charge is 0.467 e. The molecule has 2 aromatic heterocycles. The van der Waals surface area contributed by atoms with Crippen LogP contribution < -0.4 is 5.32 Å². The van der Waals surface area contributed by atoms with Gasteiger partial charge in [0, 0.05) is 11.3 Å². The van der Waals surface area contributed by atoms with Crippen molar-refractivity contribution in [2.24, 2.45) is 0 Å². The number of carbonyl (C=O) groups is 1. The SMILES string of the molecule is Cc1ncsc1CCC(=O)NC[C@H](O)c1ccco1. The van der Waals surface area contributed by atoms with Crippen LogP contribution in [0.1, 0.15) is 28.9 Å². The standard InChI is InChI=1S/C13H16N2O3S/c1-9-12(19-8-15-9)4-5-13(17)14-7-10(16)11-3-2-6-18-11/h2-3,6,8,10,16H,4-5,7H2,1H3,(H,14,17)/t10-/m0/s1. The van der Waals surface area contributed by atoms with Gasteiger partial charge in [-0.15, -0.1) is 11.3 Å². The fraction of sp³-hybridized carbons (Fsp3) is 0.385.